The first kappa shape index (κ1) is 71.4. The number of nitrogens with zero attached hydrogens (tertiary/aromatic N) is 3. The number of piperidine rings is 1. The zero-order valence-electron chi connectivity index (χ0n) is 49.3. The maximum Gasteiger partial charge on any atom is 0.407 e. The van der Waals surface area contributed by atoms with Gasteiger partial charge >= 0.3 is 12.1 Å². The molecular formula is C59H85F4N5O17S. The molecule has 3 aliphatic rings. The monoisotopic (exact) mass is 1240 g/mol. The van der Waals surface area contributed by atoms with E-state index < -0.39 is 47.5 Å². The molecule has 3 N–H and O–H groups in total. The number of aliphatic imine (C=N–C) groups is 1. The summed E-state index contributed by atoms with van der Waals surface area (Å²) in [7, 11) is 0. The summed E-state index contributed by atoms with van der Waals surface area (Å²) in [6, 6.07) is 1.93. The van der Waals surface area contributed by atoms with Gasteiger partial charge in [0.25, 0.3) is 0 Å². The van der Waals surface area contributed by atoms with E-state index in [2.05, 4.69) is 26.9 Å². The van der Waals surface area contributed by atoms with Gasteiger partial charge in [-0.3, -0.25) is 14.4 Å². The second kappa shape index (κ2) is 43.3. The predicted octanol–water partition coefficient (Wildman–Crippen LogP) is 6.15. The van der Waals surface area contributed by atoms with Crippen LogP contribution in [0.25, 0.3) is 6.08 Å². The third-order valence-corrected chi connectivity index (χ3v) is 14.1. The summed E-state index contributed by atoms with van der Waals surface area (Å²) in [6.07, 6.45) is 7.53. The number of thiophene rings is 1. The Morgan fingerprint density at radius 2 is 1.14 bits per heavy atom. The lowest BCUT2D eigenvalue weighted by Gasteiger charge is -2.29. The Morgan fingerprint density at radius 1 is 0.663 bits per heavy atom. The van der Waals surface area contributed by atoms with Crippen molar-refractivity contribution < 1.29 is 98.3 Å². The minimum Gasteiger partial charge on any atom is -0.446 e. The van der Waals surface area contributed by atoms with Crippen molar-refractivity contribution in [1.29, 1.82) is 0 Å². The number of fused-ring (bicyclic) bond motifs is 1. The highest BCUT2D eigenvalue weighted by Gasteiger charge is 2.26. The number of nitrogens with two attached hydrogens (primary N) is 1. The van der Waals surface area contributed by atoms with Crippen LogP contribution in [0.1, 0.15) is 80.9 Å². The van der Waals surface area contributed by atoms with Crippen LogP contribution in [0.3, 0.4) is 0 Å². The van der Waals surface area contributed by atoms with E-state index in [0.717, 1.165) is 48.3 Å². The lowest BCUT2D eigenvalue weighted by molar-refractivity contribution is -0.136. The number of amides is 3. The smallest absolute Gasteiger partial charge is 0.407 e. The van der Waals surface area contributed by atoms with Crippen molar-refractivity contribution in [2.24, 2.45) is 16.6 Å². The normalized spacial score (nSPS) is 14.4. The van der Waals surface area contributed by atoms with Crippen molar-refractivity contribution in [1.82, 2.24) is 15.1 Å². The fourth-order valence-electron chi connectivity index (χ4n) is 8.34. The van der Waals surface area contributed by atoms with Gasteiger partial charge in [0.2, 0.25) is 29.2 Å². The topological polar surface area (TPSA) is 245 Å². The van der Waals surface area contributed by atoms with Gasteiger partial charge < -0.3 is 82.4 Å². The first-order valence-electron chi connectivity index (χ1n) is 29.5. The van der Waals surface area contributed by atoms with Crippen molar-refractivity contribution in [3.05, 3.63) is 50.7 Å². The average molecular weight is 1240 g/mol. The summed E-state index contributed by atoms with van der Waals surface area (Å²) >= 11 is 1.49. The minimum atomic E-state index is -1.80. The molecule has 3 amide bonds. The van der Waals surface area contributed by atoms with Gasteiger partial charge in [0.05, 0.1) is 174 Å². The molecule has 0 radical (unpaired) electrons. The van der Waals surface area contributed by atoms with Crippen LogP contribution in [0.4, 0.5) is 28.0 Å². The highest BCUT2D eigenvalue weighted by atomic mass is 32.1. The summed E-state index contributed by atoms with van der Waals surface area (Å²) < 4.78 is 124. The molecule has 0 bridgehead atoms. The molecule has 1 aromatic carbocycles. The summed E-state index contributed by atoms with van der Waals surface area (Å²) in [5, 5.41) is 2.80. The van der Waals surface area contributed by atoms with Crippen LogP contribution in [-0.4, -0.2) is 224 Å². The molecule has 0 spiro atoms. The van der Waals surface area contributed by atoms with Crippen LogP contribution in [0, 0.1) is 41.0 Å². The summed E-state index contributed by atoms with van der Waals surface area (Å²) in [5.74, 6) is -2.32. The van der Waals surface area contributed by atoms with Crippen molar-refractivity contribution in [2.45, 2.75) is 77.2 Å². The van der Waals surface area contributed by atoms with Crippen molar-refractivity contribution in [3.8, 4) is 17.6 Å². The third kappa shape index (κ3) is 29.1. The minimum absolute atomic E-state index is 0.0150. The number of likely N-dealkylation sites (tertiary alicyclic amines) is 1. The molecule has 3 heterocycles. The number of amidine groups is 1. The molecule has 1 saturated heterocycles. The van der Waals surface area contributed by atoms with Gasteiger partial charge in [0.15, 0.2) is 11.6 Å². The number of hydrogen-bond acceptors (Lipinski definition) is 20. The standard InChI is InChI=1S/C59H85F4N5O17S/c1-2-14-68(15-4-13-65-59(72)84-46-5-3-6-46)58(71)45-40-51-50(66-52(64)41-45)42-47(86-51)8-7-44-9-16-67(17-10-44)53(69)11-18-73-20-22-75-24-26-77-28-30-79-32-34-81-36-38-83-39-37-82-35-33-80-31-29-78-27-25-76-23-21-74-19-12-54(70)85-57-55(62)48(60)43-49(61)56(57)63/h40,42-44,46H,2-6,9-39,41H2,1H3,(H2,64,66)(H,65,72). The van der Waals surface area contributed by atoms with E-state index in [1.165, 1.54) is 11.3 Å². The molecule has 2 fully saturated rings. The zero-order valence-corrected chi connectivity index (χ0v) is 50.1. The van der Waals surface area contributed by atoms with Crippen LogP contribution in [0.5, 0.6) is 5.75 Å². The van der Waals surface area contributed by atoms with Gasteiger partial charge in [-0.25, -0.2) is 18.6 Å². The fraction of sp³-hybridized carbons (Fsp3) is 0.678. The van der Waals surface area contributed by atoms with Gasteiger partial charge in [-0.2, -0.15) is 8.78 Å². The molecule has 1 saturated carbocycles. The van der Waals surface area contributed by atoms with Crippen LogP contribution >= 0.6 is 11.3 Å². The fourth-order valence-corrected chi connectivity index (χ4v) is 9.27. The van der Waals surface area contributed by atoms with E-state index >= 15 is 0 Å². The number of alkyl carbamates (subject to hydrolysis) is 1. The van der Waals surface area contributed by atoms with Gasteiger partial charge in [-0.05, 0) is 57.1 Å². The molecule has 0 atom stereocenters. The molecule has 27 heteroatoms. The lowest BCUT2D eigenvalue weighted by Crippen LogP contribution is -2.38. The SMILES string of the molecule is CCCN(CCCNC(=O)OC1CCC1)C(=O)C1=Cc2sc(C#CC3CCN(C(=O)CCOCCOCCOCCOCCOCCOCCOCCOCCOCCOCCOCCC(=O)Oc4c(F)c(F)cc(F)c4F)CC3)cc2N=C(N)C1. The second-order valence-electron chi connectivity index (χ2n) is 19.8. The molecule has 1 aliphatic carbocycles. The number of halogens is 4. The maximum atomic E-state index is 13.7. The van der Waals surface area contributed by atoms with Crippen LogP contribution in [0.15, 0.2) is 22.7 Å². The third-order valence-electron chi connectivity index (χ3n) is 13.1. The quantitative estimate of drug-likeness (QED) is 0.0189. The van der Waals surface area contributed by atoms with Crippen molar-refractivity contribution in [3.63, 3.8) is 0 Å². The molecule has 2 aromatic rings. The van der Waals surface area contributed by atoms with Crippen molar-refractivity contribution >= 4 is 52.8 Å². The van der Waals surface area contributed by atoms with E-state index in [1.807, 2.05) is 28.9 Å². The number of carbonyl (C=O) groups is 4. The van der Waals surface area contributed by atoms with Crippen LogP contribution in [-0.2, 0) is 71.2 Å². The molecule has 2 aliphatic heterocycles. The highest BCUT2D eigenvalue weighted by molar-refractivity contribution is 7.14. The van der Waals surface area contributed by atoms with Gasteiger partial charge in [-0.15, -0.1) is 11.3 Å². The number of ether oxygens (including phenoxy) is 13. The molecule has 482 valence electrons. The molecule has 22 nitrogen and oxygen atoms in total. The van der Waals surface area contributed by atoms with E-state index in [9.17, 15) is 36.7 Å². The summed E-state index contributed by atoms with van der Waals surface area (Å²) in [6.45, 7) is 12.4. The van der Waals surface area contributed by atoms with E-state index in [-0.39, 0.29) is 62.8 Å². The Kier molecular flexibility index (Phi) is 36.0. The van der Waals surface area contributed by atoms with E-state index in [4.69, 9.17) is 62.6 Å². The number of benzene rings is 1. The highest BCUT2D eigenvalue weighted by Crippen LogP contribution is 2.35. The number of rotatable bonds is 45. The molecule has 86 heavy (non-hydrogen) atoms. The molecular weight excluding hydrogens is 1160 g/mol. The van der Waals surface area contributed by atoms with Gasteiger partial charge in [-0.1, -0.05) is 18.8 Å². The maximum absolute atomic E-state index is 13.7. The molecule has 0 unspecified atom stereocenters. The largest absolute Gasteiger partial charge is 0.446 e. The summed E-state index contributed by atoms with van der Waals surface area (Å²) in [4.78, 5) is 60.4. The number of esters is 1. The van der Waals surface area contributed by atoms with Gasteiger partial charge in [0, 0.05) is 56.7 Å². The number of carbonyl (C=O) groups excluding carboxylic acids is 4. The first-order valence-corrected chi connectivity index (χ1v) is 30.3. The Hall–Kier alpha value is -5.35. The van der Waals surface area contributed by atoms with E-state index in [0.29, 0.717) is 182 Å². The van der Waals surface area contributed by atoms with Crippen LogP contribution < -0.4 is 15.8 Å². The molecule has 5 rings (SSSR count). The van der Waals surface area contributed by atoms with Crippen molar-refractivity contribution in [2.75, 3.05) is 178 Å². The summed E-state index contributed by atoms with van der Waals surface area (Å²) in [5.41, 5.74) is 7.58. The Bertz CT molecular complexity index is 2430. The number of nitrogens with one attached hydrogen (secondary N) is 1. The lowest BCUT2D eigenvalue weighted by atomic mass is 9.96. The van der Waals surface area contributed by atoms with Crippen LogP contribution in [0.2, 0.25) is 0 Å². The average Bonchev–Trinajstić information content (AvgIpc) is 2.30. The predicted molar refractivity (Wildman–Crippen MR) is 308 cm³/mol. The Balaban J connectivity index is 0.732. The Morgan fingerprint density at radius 3 is 1.60 bits per heavy atom. The Labute approximate surface area is 504 Å². The second-order valence-corrected chi connectivity index (χ2v) is 20.9. The van der Waals surface area contributed by atoms with Gasteiger partial charge in [0.1, 0.15) is 11.9 Å². The zero-order chi connectivity index (χ0) is 61.4. The molecule has 1 aromatic heterocycles. The first-order chi connectivity index (χ1) is 41.9. The number of hydrogen-bond donors (Lipinski definition) is 2. The van der Waals surface area contributed by atoms with E-state index in [1.54, 1.807) is 0 Å².